The Morgan fingerprint density at radius 1 is 1.50 bits per heavy atom. The molecule has 0 aliphatic carbocycles. The summed E-state index contributed by atoms with van der Waals surface area (Å²) < 4.78 is 5.23. The third kappa shape index (κ3) is 2.69. The minimum absolute atomic E-state index is 0.707. The lowest BCUT2D eigenvalue weighted by Gasteiger charge is -2.23. The first kappa shape index (κ1) is 11.7. The van der Waals surface area contributed by atoms with Crippen molar-refractivity contribution in [1.29, 1.82) is 0 Å². The van der Waals surface area contributed by atoms with Crippen molar-refractivity contribution in [2.75, 3.05) is 20.2 Å². The van der Waals surface area contributed by atoms with Crippen LogP contribution in [0.4, 0.5) is 0 Å². The molecule has 1 aromatic carbocycles. The molecule has 2 rings (SSSR count). The monoisotopic (exact) mass is 239 g/mol. The van der Waals surface area contributed by atoms with Gasteiger partial charge in [-0.2, -0.15) is 0 Å². The molecule has 1 aliphatic heterocycles. The Bertz CT molecular complexity index is 348. The maximum Gasteiger partial charge on any atom is 0.137 e. The highest BCUT2D eigenvalue weighted by Crippen LogP contribution is 2.30. The van der Waals surface area contributed by atoms with Gasteiger partial charge in [-0.25, -0.2) is 0 Å². The van der Waals surface area contributed by atoms with Crippen LogP contribution in [0.25, 0.3) is 0 Å². The van der Waals surface area contributed by atoms with E-state index >= 15 is 0 Å². The van der Waals surface area contributed by atoms with E-state index in [0.717, 1.165) is 30.3 Å². The van der Waals surface area contributed by atoms with Gasteiger partial charge in [-0.15, -0.1) is 0 Å². The predicted molar refractivity (Wildman–Crippen MR) is 67.3 cm³/mol. The molecule has 0 amide bonds. The van der Waals surface area contributed by atoms with Crippen LogP contribution < -0.4 is 10.1 Å². The van der Waals surface area contributed by atoms with E-state index in [-0.39, 0.29) is 0 Å². The molecule has 1 aromatic rings. The average molecular weight is 240 g/mol. The molecular formula is C13H18ClNO. The third-order valence-electron chi connectivity index (χ3n) is 3.17. The summed E-state index contributed by atoms with van der Waals surface area (Å²) in [6, 6.07) is 6.01. The SMILES string of the molecule is COc1cccc(CC2CCCNC2)c1Cl. The van der Waals surface area contributed by atoms with Crippen molar-refractivity contribution in [3.63, 3.8) is 0 Å². The first-order valence-corrected chi connectivity index (χ1v) is 6.21. The molecular weight excluding hydrogens is 222 g/mol. The minimum Gasteiger partial charge on any atom is -0.495 e. The van der Waals surface area contributed by atoms with Gasteiger partial charge in [-0.3, -0.25) is 0 Å². The summed E-state index contributed by atoms with van der Waals surface area (Å²) in [6.07, 6.45) is 3.61. The van der Waals surface area contributed by atoms with Crippen LogP contribution in [0, 0.1) is 5.92 Å². The Labute approximate surface area is 102 Å². The summed E-state index contributed by atoms with van der Waals surface area (Å²) in [5.41, 5.74) is 1.20. The maximum absolute atomic E-state index is 6.28. The van der Waals surface area contributed by atoms with E-state index in [0.29, 0.717) is 5.92 Å². The molecule has 1 atom stereocenters. The van der Waals surface area contributed by atoms with Crippen molar-refractivity contribution in [2.24, 2.45) is 5.92 Å². The second-order valence-corrected chi connectivity index (χ2v) is 4.73. The number of piperidine rings is 1. The van der Waals surface area contributed by atoms with E-state index in [4.69, 9.17) is 16.3 Å². The molecule has 0 spiro atoms. The van der Waals surface area contributed by atoms with E-state index in [2.05, 4.69) is 11.4 Å². The first-order chi connectivity index (χ1) is 7.81. The second kappa shape index (κ2) is 5.55. The lowest BCUT2D eigenvalue weighted by Crippen LogP contribution is -2.30. The molecule has 1 fully saturated rings. The fraction of sp³-hybridized carbons (Fsp3) is 0.538. The van der Waals surface area contributed by atoms with Gasteiger partial charge in [0.15, 0.2) is 0 Å². The van der Waals surface area contributed by atoms with Gasteiger partial charge in [-0.1, -0.05) is 23.7 Å². The lowest BCUT2D eigenvalue weighted by atomic mass is 9.92. The van der Waals surface area contributed by atoms with Crippen molar-refractivity contribution in [3.05, 3.63) is 28.8 Å². The molecule has 3 heteroatoms. The number of rotatable bonds is 3. The summed E-state index contributed by atoms with van der Waals surface area (Å²) >= 11 is 6.28. The molecule has 1 N–H and O–H groups in total. The van der Waals surface area contributed by atoms with E-state index in [9.17, 15) is 0 Å². The Kier molecular flexibility index (Phi) is 4.08. The number of hydrogen-bond donors (Lipinski definition) is 1. The summed E-state index contributed by atoms with van der Waals surface area (Å²) in [7, 11) is 1.66. The highest BCUT2D eigenvalue weighted by molar-refractivity contribution is 6.32. The summed E-state index contributed by atoms with van der Waals surface area (Å²) in [6.45, 7) is 2.26. The molecule has 0 saturated carbocycles. The molecule has 88 valence electrons. The second-order valence-electron chi connectivity index (χ2n) is 4.35. The lowest BCUT2D eigenvalue weighted by molar-refractivity contribution is 0.374. The molecule has 0 bridgehead atoms. The number of hydrogen-bond acceptors (Lipinski definition) is 2. The molecule has 1 saturated heterocycles. The Balaban J connectivity index is 2.08. The minimum atomic E-state index is 0.707. The van der Waals surface area contributed by atoms with Crippen molar-refractivity contribution in [3.8, 4) is 5.75 Å². The summed E-state index contributed by atoms with van der Waals surface area (Å²) in [5, 5.41) is 4.20. The average Bonchev–Trinajstić information content (AvgIpc) is 2.33. The van der Waals surface area contributed by atoms with Gasteiger partial charge in [0.05, 0.1) is 12.1 Å². The highest BCUT2D eigenvalue weighted by Gasteiger charge is 2.16. The topological polar surface area (TPSA) is 21.3 Å². The van der Waals surface area contributed by atoms with Crippen LogP contribution >= 0.6 is 11.6 Å². The van der Waals surface area contributed by atoms with Crippen LogP contribution in [0.15, 0.2) is 18.2 Å². The zero-order chi connectivity index (χ0) is 11.4. The highest BCUT2D eigenvalue weighted by atomic mass is 35.5. The van der Waals surface area contributed by atoms with Gasteiger partial charge in [0, 0.05) is 0 Å². The zero-order valence-corrected chi connectivity index (χ0v) is 10.4. The van der Waals surface area contributed by atoms with E-state index in [1.54, 1.807) is 7.11 Å². The zero-order valence-electron chi connectivity index (χ0n) is 9.63. The van der Waals surface area contributed by atoms with Gasteiger partial charge in [-0.05, 0) is 49.9 Å². The fourth-order valence-electron chi connectivity index (χ4n) is 2.28. The van der Waals surface area contributed by atoms with Crippen LogP contribution in [0.1, 0.15) is 18.4 Å². The van der Waals surface area contributed by atoms with Crippen LogP contribution in [0.5, 0.6) is 5.75 Å². The maximum atomic E-state index is 6.28. The molecule has 1 unspecified atom stereocenters. The predicted octanol–water partition coefficient (Wildman–Crippen LogP) is 2.89. The van der Waals surface area contributed by atoms with Crippen molar-refractivity contribution in [2.45, 2.75) is 19.3 Å². The van der Waals surface area contributed by atoms with E-state index in [1.807, 2.05) is 12.1 Å². The largest absolute Gasteiger partial charge is 0.495 e. The standard InChI is InChI=1S/C13H18ClNO/c1-16-12-6-2-5-11(13(12)14)8-10-4-3-7-15-9-10/h2,5-6,10,15H,3-4,7-9H2,1H3. The molecule has 1 aliphatic rings. The van der Waals surface area contributed by atoms with E-state index < -0.39 is 0 Å². The van der Waals surface area contributed by atoms with Crippen LogP contribution in [-0.2, 0) is 6.42 Å². The van der Waals surface area contributed by atoms with Gasteiger partial charge < -0.3 is 10.1 Å². The number of methoxy groups -OCH3 is 1. The third-order valence-corrected chi connectivity index (χ3v) is 3.60. The molecule has 0 aromatic heterocycles. The Morgan fingerprint density at radius 2 is 2.38 bits per heavy atom. The molecule has 2 nitrogen and oxygen atoms in total. The van der Waals surface area contributed by atoms with Crippen LogP contribution in [0.2, 0.25) is 5.02 Å². The molecule has 16 heavy (non-hydrogen) atoms. The summed E-state index contributed by atoms with van der Waals surface area (Å²) in [4.78, 5) is 0. The van der Waals surface area contributed by atoms with E-state index in [1.165, 1.54) is 18.4 Å². The van der Waals surface area contributed by atoms with Crippen molar-refractivity contribution < 1.29 is 4.74 Å². The number of halogens is 1. The normalized spacial score (nSPS) is 20.8. The number of ether oxygens (including phenoxy) is 1. The number of benzene rings is 1. The van der Waals surface area contributed by atoms with Gasteiger partial charge in [0.2, 0.25) is 0 Å². The smallest absolute Gasteiger partial charge is 0.137 e. The Hall–Kier alpha value is -0.730. The first-order valence-electron chi connectivity index (χ1n) is 5.83. The van der Waals surface area contributed by atoms with Crippen molar-refractivity contribution in [1.82, 2.24) is 5.32 Å². The summed E-state index contributed by atoms with van der Waals surface area (Å²) in [5.74, 6) is 1.49. The Morgan fingerprint density at radius 3 is 3.06 bits per heavy atom. The van der Waals surface area contributed by atoms with Gasteiger partial charge in [0.25, 0.3) is 0 Å². The fourth-order valence-corrected chi connectivity index (χ4v) is 2.56. The van der Waals surface area contributed by atoms with Crippen molar-refractivity contribution >= 4 is 11.6 Å². The quantitative estimate of drug-likeness (QED) is 0.876. The molecule has 1 heterocycles. The van der Waals surface area contributed by atoms with Gasteiger partial charge in [0.1, 0.15) is 5.75 Å². The number of nitrogens with one attached hydrogen (secondary N) is 1. The van der Waals surface area contributed by atoms with Crippen LogP contribution in [-0.4, -0.2) is 20.2 Å². The van der Waals surface area contributed by atoms with Crippen LogP contribution in [0.3, 0.4) is 0 Å². The van der Waals surface area contributed by atoms with Gasteiger partial charge >= 0.3 is 0 Å². The molecule has 0 radical (unpaired) electrons.